The molecule has 1 aliphatic heterocycles. The summed E-state index contributed by atoms with van der Waals surface area (Å²) in [6, 6.07) is 12.7. The molecule has 0 spiro atoms. The predicted octanol–water partition coefficient (Wildman–Crippen LogP) is 1.96. The summed E-state index contributed by atoms with van der Waals surface area (Å²) < 4.78 is 0. The highest BCUT2D eigenvalue weighted by Gasteiger charge is 2.27. The van der Waals surface area contributed by atoms with Gasteiger partial charge in [-0.1, -0.05) is 36.4 Å². The van der Waals surface area contributed by atoms with Gasteiger partial charge in [0.15, 0.2) is 5.11 Å². The highest BCUT2D eigenvalue weighted by molar-refractivity contribution is 7.80. The predicted molar refractivity (Wildman–Crippen MR) is 72.8 cm³/mol. The Morgan fingerprint density at radius 3 is 2.29 bits per heavy atom. The zero-order chi connectivity index (χ0) is 11.4. The largest absolute Gasteiger partial charge is 0.329 e. The Morgan fingerprint density at radius 1 is 0.824 bits per heavy atom. The summed E-state index contributed by atoms with van der Waals surface area (Å²) in [4.78, 5) is 0. The maximum atomic E-state index is 5.13. The molecule has 2 aromatic carbocycles. The minimum Gasteiger partial charge on any atom is -0.329 e. The molecule has 0 amide bonds. The SMILES string of the molecule is S=C1NNC2=C(N1)c1cccc3cccc2c13. The molecule has 0 aromatic heterocycles. The molecule has 0 fully saturated rings. The first-order valence-corrected chi connectivity index (χ1v) is 5.85. The lowest BCUT2D eigenvalue weighted by molar-refractivity contribution is 0.813. The van der Waals surface area contributed by atoms with Crippen LogP contribution >= 0.6 is 12.2 Å². The van der Waals surface area contributed by atoms with E-state index < -0.39 is 0 Å². The molecule has 2 aromatic rings. The second-order valence-electron chi connectivity index (χ2n) is 4.16. The summed E-state index contributed by atoms with van der Waals surface area (Å²) in [5.74, 6) is 0. The molecule has 0 unspecified atom stereocenters. The van der Waals surface area contributed by atoms with Crippen molar-refractivity contribution in [3.63, 3.8) is 0 Å². The molecule has 1 aliphatic carbocycles. The van der Waals surface area contributed by atoms with Gasteiger partial charge in [0.25, 0.3) is 0 Å². The molecule has 0 radical (unpaired) electrons. The van der Waals surface area contributed by atoms with Crippen molar-refractivity contribution in [2.75, 3.05) is 0 Å². The van der Waals surface area contributed by atoms with Crippen LogP contribution in [0.3, 0.4) is 0 Å². The van der Waals surface area contributed by atoms with Crippen molar-refractivity contribution in [2.24, 2.45) is 0 Å². The number of hydrogen-bond donors (Lipinski definition) is 3. The molecular weight excluding hydrogens is 230 g/mol. The zero-order valence-electron chi connectivity index (χ0n) is 8.87. The van der Waals surface area contributed by atoms with Crippen LogP contribution in [0.2, 0.25) is 0 Å². The lowest BCUT2D eigenvalue weighted by atomic mass is 10.0. The number of benzene rings is 2. The molecule has 0 saturated heterocycles. The first-order valence-electron chi connectivity index (χ1n) is 5.44. The number of thiocarbonyl (C=S) groups is 1. The van der Waals surface area contributed by atoms with Gasteiger partial charge in [-0.05, 0) is 17.6 Å². The van der Waals surface area contributed by atoms with Crippen molar-refractivity contribution in [3.8, 4) is 0 Å². The molecule has 0 saturated carbocycles. The molecule has 4 heteroatoms. The van der Waals surface area contributed by atoms with Crippen molar-refractivity contribution in [1.82, 2.24) is 16.2 Å². The molecule has 17 heavy (non-hydrogen) atoms. The van der Waals surface area contributed by atoms with Crippen LogP contribution < -0.4 is 16.2 Å². The second kappa shape index (κ2) is 2.99. The van der Waals surface area contributed by atoms with Crippen LogP contribution in [0.1, 0.15) is 11.1 Å². The van der Waals surface area contributed by atoms with E-state index in [2.05, 4.69) is 52.6 Å². The molecule has 1 heterocycles. The summed E-state index contributed by atoms with van der Waals surface area (Å²) in [7, 11) is 0. The summed E-state index contributed by atoms with van der Waals surface area (Å²) in [5, 5.41) is 6.37. The van der Waals surface area contributed by atoms with Gasteiger partial charge >= 0.3 is 0 Å². The molecular formula is C13H9N3S. The fourth-order valence-electron chi connectivity index (χ4n) is 2.55. The van der Waals surface area contributed by atoms with E-state index >= 15 is 0 Å². The van der Waals surface area contributed by atoms with E-state index in [1.165, 1.54) is 21.9 Å². The van der Waals surface area contributed by atoms with Crippen molar-refractivity contribution >= 4 is 39.5 Å². The third-order valence-electron chi connectivity index (χ3n) is 3.23. The summed E-state index contributed by atoms with van der Waals surface area (Å²) >= 11 is 5.13. The molecule has 82 valence electrons. The Labute approximate surface area is 103 Å². The minimum atomic E-state index is 0.605. The van der Waals surface area contributed by atoms with E-state index in [9.17, 15) is 0 Å². The highest BCUT2D eigenvalue weighted by Crippen LogP contribution is 2.39. The van der Waals surface area contributed by atoms with Gasteiger partial charge in [0, 0.05) is 16.5 Å². The van der Waals surface area contributed by atoms with Crippen LogP contribution in [0, 0.1) is 0 Å². The number of rotatable bonds is 0. The first-order chi connectivity index (χ1) is 8.34. The van der Waals surface area contributed by atoms with Crippen molar-refractivity contribution in [3.05, 3.63) is 47.5 Å². The monoisotopic (exact) mass is 239 g/mol. The third kappa shape index (κ3) is 1.08. The van der Waals surface area contributed by atoms with E-state index in [0.29, 0.717) is 5.11 Å². The Hall–Kier alpha value is -2.07. The van der Waals surface area contributed by atoms with Crippen molar-refractivity contribution < 1.29 is 0 Å². The maximum Gasteiger partial charge on any atom is 0.189 e. The van der Waals surface area contributed by atoms with Crippen LogP contribution in [0.5, 0.6) is 0 Å². The van der Waals surface area contributed by atoms with Gasteiger partial charge < -0.3 is 5.32 Å². The standard InChI is InChI=1S/C13H9N3S/c17-13-14-11-8-5-1-3-7-4-2-6-9(10(7)8)12(11)15-16-13/h1-6,15H,(H2,14,16,17). The number of nitrogens with one attached hydrogen (secondary N) is 3. The van der Waals surface area contributed by atoms with Crippen molar-refractivity contribution in [2.45, 2.75) is 0 Å². The molecule has 3 nitrogen and oxygen atoms in total. The Morgan fingerprint density at radius 2 is 1.53 bits per heavy atom. The number of fused-ring (bicyclic) bond motifs is 2. The summed E-state index contributed by atoms with van der Waals surface area (Å²) in [6.07, 6.45) is 0. The summed E-state index contributed by atoms with van der Waals surface area (Å²) in [5.41, 5.74) is 10.7. The van der Waals surface area contributed by atoms with Crippen LogP contribution in [-0.2, 0) is 0 Å². The normalized spacial score (nSPS) is 16.4. The Bertz CT molecular complexity index is 698. The van der Waals surface area contributed by atoms with Crippen molar-refractivity contribution in [1.29, 1.82) is 0 Å². The fourth-order valence-corrected chi connectivity index (χ4v) is 2.70. The third-order valence-corrected chi connectivity index (χ3v) is 3.44. The lowest BCUT2D eigenvalue weighted by Crippen LogP contribution is -2.47. The van der Waals surface area contributed by atoms with E-state index in [0.717, 1.165) is 11.4 Å². The molecule has 0 atom stereocenters. The van der Waals surface area contributed by atoms with Gasteiger partial charge in [0.2, 0.25) is 0 Å². The minimum absolute atomic E-state index is 0.605. The Kier molecular flexibility index (Phi) is 1.58. The van der Waals surface area contributed by atoms with E-state index in [4.69, 9.17) is 12.2 Å². The molecule has 0 bridgehead atoms. The van der Waals surface area contributed by atoms with E-state index in [-0.39, 0.29) is 0 Å². The lowest BCUT2D eigenvalue weighted by Gasteiger charge is -2.21. The Balaban J connectivity index is 2.11. The first kappa shape index (κ1) is 9.01. The quantitative estimate of drug-likeness (QED) is 0.614. The number of hydrogen-bond acceptors (Lipinski definition) is 2. The van der Waals surface area contributed by atoms with Gasteiger partial charge in [-0.15, -0.1) is 0 Å². The second-order valence-corrected chi connectivity index (χ2v) is 4.57. The highest BCUT2D eigenvalue weighted by atomic mass is 32.1. The van der Waals surface area contributed by atoms with Gasteiger partial charge in [-0.3, -0.25) is 10.9 Å². The zero-order valence-corrected chi connectivity index (χ0v) is 9.69. The van der Waals surface area contributed by atoms with Crippen LogP contribution in [0.25, 0.3) is 22.2 Å². The summed E-state index contributed by atoms with van der Waals surface area (Å²) in [6.45, 7) is 0. The fraction of sp³-hybridized carbons (Fsp3) is 0. The van der Waals surface area contributed by atoms with Crippen LogP contribution in [0.4, 0.5) is 0 Å². The average molecular weight is 239 g/mol. The maximum absolute atomic E-state index is 5.13. The van der Waals surface area contributed by atoms with Gasteiger partial charge in [0.1, 0.15) is 0 Å². The van der Waals surface area contributed by atoms with E-state index in [1.54, 1.807) is 0 Å². The van der Waals surface area contributed by atoms with Gasteiger partial charge in [0.05, 0.1) is 11.4 Å². The van der Waals surface area contributed by atoms with E-state index in [1.807, 2.05) is 0 Å². The van der Waals surface area contributed by atoms with Crippen LogP contribution in [-0.4, -0.2) is 5.11 Å². The molecule has 4 rings (SSSR count). The van der Waals surface area contributed by atoms with Gasteiger partial charge in [-0.2, -0.15) is 0 Å². The van der Waals surface area contributed by atoms with Crippen LogP contribution in [0.15, 0.2) is 36.4 Å². The molecule has 2 aliphatic rings. The smallest absolute Gasteiger partial charge is 0.189 e. The average Bonchev–Trinajstić information content (AvgIpc) is 2.67. The molecule has 3 N–H and O–H groups in total. The number of hydrazine groups is 1. The topological polar surface area (TPSA) is 36.1 Å². The van der Waals surface area contributed by atoms with Gasteiger partial charge in [-0.25, -0.2) is 0 Å².